The van der Waals surface area contributed by atoms with Crippen LogP contribution in [-0.4, -0.2) is 13.6 Å². The molecular formula is C13H17ClN2. The van der Waals surface area contributed by atoms with Gasteiger partial charge in [-0.3, -0.25) is 0 Å². The lowest BCUT2D eigenvalue weighted by molar-refractivity contribution is 0.560. The third-order valence-electron chi connectivity index (χ3n) is 2.77. The monoisotopic (exact) mass is 236 g/mol. The molecule has 0 aliphatic carbocycles. The third kappa shape index (κ3) is 3.15. The lowest BCUT2D eigenvalue weighted by atomic mass is 10.1. The Morgan fingerprint density at radius 2 is 2.19 bits per heavy atom. The molecule has 0 aromatic heterocycles. The number of nitriles is 1. The highest BCUT2D eigenvalue weighted by atomic mass is 35.5. The molecule has 0 saturated heterocycles. The van der Waals surface area contributed by atoms with Crippen molar-refractivity contribution in [1.29, 1.82) is 5.26 Å². The van der Waals surface area contributed by atoms with E-state index in [1.165, 1.54) is 0 Å². The summed E-state index contributed by atoms with van der Waals surface area (Å²) in [6, 6.07) is 7.63. The smallest absolute Gasteiger partial charge is 0.101 e. The number of nitrogens with zero attached hydrogens (tertiary/aromatic N) is 2. The van der Waals surface area contributed by atoms with Crippen molar-refractivity contribution >= 4 is 17.3 Å². The predicted octanol–water partition coefficient (Wildman–Crippen LogP) is 3.69. The van der Waals surface area contributed by atoms with Crippen molar-refractivity contribution < 1.29 is 0 Å². The molecule has 0 radical (unpaired) electrons. The Labute approximate surface area is 102 Å². The molecule has 1 aromatic carbocycles. The maximum atomic E-state index is 9.05. The first-order valence-corrected chi connectivity index (χ1v) is 5.87. The molecule has 0 bridgehead atoms. The Kier molecular flexibility index (Phi) is 4.64. The summed E-state index contributed by atoms with van der Waals surface area (Å²) >= 11 is 5.86. The van der Waals surface area contributed by atoms with Gasteiger partial charge in [0.05, 0.1) is 11.3 Å². The van der Waals surface area contributed by atoms with Gasteiger partial charge in [-0.05, 0) is 24.1 Å². The van der Waals surface area contributed by atoms with Crippen LogP contribution in [0.5, 0.6) is 0 Å². The van der Waals surface area contributed by atoms with E-state index in [1.54, 1.807) is 6.07 Å². The van der Waals surface area contributed by atoms with Gasteiger partial charge in [-0.2, -0.15) is 5.26 Å². The molecule has 1 aromatic rings. The van der Waals surface area contributed by atoms with Crippen LogP contribution in [-0.2, 0) is 0 Å². The lowest BCUT2D eigenvalue weighted by Crippen LogP contribution is -2.24. The molecule has 1 atom stereocenters. The molecule has 1 unspecified atom stereocenters. The topological polar surface area (TPSA) is 27.0 Å². The van der Waals surface area contributed by atoms with E-state index in [-0.39, 0.29) is 0 Å². The van der Waals surface area contributed by atoms with E-state index in [0.29, 0.717) is 16.5 Å². The Hall–Kier alpha value is -1.20. The summed E-state index contributed by atoms with van der Waals surface area (Å²) in [7, 11) is 2.01. The fourth-order valence-corrected chi connectivity index (χ4v) is 1.80. The van der Waals surface area contributed by atoms with Gasteiger partial charge in [-0.25, -0.2) is 0 Å². The fourth-order valence-electron chi connectivity index (χ4n) is 1.63. The number of halogens is 1. The van der Waals surface area contributed by atoms with Crippen molar-refractivity contribution in [3.8, 4) is 6.07 Å². The van der Waals surface area contributed by atoms with Crippen molar-refractivity contribution in [1.82, 2.24) is 0 Å². The van der Waals surface area contributed by atoms with Crippen LogP contribution in [0.4, 0.5) is 5.69 Å². The zero-order chi connectivity index (χ0) is 12.1. The summed E-state index contributed by atoms with van der Waals surface area (Å²) in [5, 5.41) is 9.66. The van der Waals surface area contributed by atoms with E-state index >= 15 is 0 Å². The summed E-state index contributed by atoms with van der Waals surface area (Å²) in [5.41, 5.74) is 1.59. The molecule has 0 saturated carbocycles. The second-order valence-electron chi connectivity index (χ2n) is 4.17. The maximum Gasteiger partial charge on any atom is 0.101 e. The van der Waals surface area contributed by atoms with E-state index in [1.807, 2.05) is 19.2 Å². The SMILES string of the molecule is CCC(C)CN(C)c1ccc(Cl)cc1C#N. The molecular weight excluding hydrogens is 220 g/mol. The number of rotatable bonds is 4. The summed E-state index contributed by atoms with van der Waals surface area (Å²) in [6.45, 7) is 5.33. The van der Waals surface area contributed by atoms with E-state index in [4.69, 9.17) is 16.9 Å². The number of hydrogen-bond donors (Lipinski definition) is 0. The Morgan fingerprint density at radius 1 is 1.50 bits per heavy atom. The van der Waals surface area contributed by atoms with Gasteiger partial charge < -0.3 is 4.90 Å². The molecule has 0 heterocycles. The molecule has 2 nitrogen and oxygen atoms in total. The standard InChI is InChI=1S/C13H17ClN2/c1-4-10(2)9-16(3)13-6-5-12(14)7-11(13)8-15/h5-7,10H,4,9H2,1-3H3. The van der Waals surface area contributed by atoms with Gasteiger partial charge in [-0.1, -0.05) is 31.9 Å². The second kappa shape index (κ2) is 5.77. The number of anilines is 1. The van der Waals surface area contributed by atoms with E-state index in [2.05, 4.69) is 24.8 Å². The molecule has 1 rings (SSSR count). The summed E-state index contributed by atoms with van der Waals surface area (Å²) in [5.74, 6) is 0.618. The molecule has 0 aliphatic heterocycles. The first-order valence-electron chi connectivity index (χ1n) is 5.49. The Morgan fingerprint density at radius 3 is 2.75 bits per heavy atom. The van der Waals surface area contributed by atoms with Gasteiger partial charge in [0.25, 0.3) is 0 Å². The highest BCUT2D eigenvalue weighted by Gasteiger charge is 2.10. The third-order valence-corrected chi connectivity index (χ3v) is 3.01. The van der Waals surface area contributed by atoms with Crippen LogP contribution in [0.2, 0.25) is 5.02 Å². The second-order valence-corrected chi connectivity index (χ2v) is 4.60. The van der Waals surface area contributed by atoms with E-state index in [0.717, 1.165) is 18.7 Å². The quantitative estimate of drug-likeness (QED) is 0.797. The van der Waals surface area contributed by atoms with Crippen LogP contribution in [0.15, 0.2) is 18.2 Å². The van der Waals surface area contributed by atoms with Crippen LogP contribution < -0.4 is 4.90 Å². The van der Waals surface area contributed by atoms with Crippen molar-refractivity contribution in [3.05, 3.63) is 28.8 Å². The van der Waals surface area contributed by atoms with Crippen molar-refractivity contribution in [3.63, 3.8) is 0 Å². The van der Waals surface area contributed by atoms with Crippen LogP contribution in [0, 0.1) is 17.2 Å². The minimum atomic E-state index is 0.609. The van der Waals surface area contributed by atoms with Crippen LogP contribution in [0.25, 0.3) is 0 Å². The van der Waals surface area contributed by atoms with E-state index < -0.39 is 0 Å². The van der Waals surface area contributed by atoms with Gasteiger partial charge in [-0.15, -0.1) is 0 Å². The first kappa shape index (κ1) is 12.9. The van der Waals surface area contributed by atoms with Crippen molar-refractivity contribution in [2.24, 2.45) is 5.92 Å². The molecule has 0 spiro atoms. The molecule has 0 N–H and O–H groups in total. The highest BCUT2D eigenvalue weighted by Crippen LogP contribution is 2.23. The Balaban J connectivity index is 2.91. The molecule has 0 fully saturated rings. The van der Waals surface area contributed by atoms with Gasteiger partial charge in [0.1, 0.15) is 6.07 Å². The molecule has 16 heavy (non-hydrogen) atoms. The predicted molar refractivity (Wildman–Crippen MR) is 68.9 cm³/mol. The van der Waals surface area contributed by atoms with Crippen LogP contribution in [0.1, 0.15) is 25.8 Å². The van der Waals surface area contributed by atoms with Crippen LogP contribution >= 0.6 is 11.6 Å². The molecule has 0 amide bonds. The normalized spacial score (nSPS) is 11.9. The van der Waals surface area contributed by atoms with Gasteiger partial charge in [0.15, 0.2) is 0 Å². The molecule has 3 heteroatoms. The molecule has 0 aliphatic rings. The van der Waals surface area contributed by atoms with Crippen molar-refractivity contribution in [2.45, 2.75) is 20.3 Å². The summed E-state index contributed by atoms with van der Waals surface area (Å²) in [4.78, 5) is 2.11. The zero-order valence-corrected chi connectivity index (χ0v) is 10.8. The number of benzene rings is 1. The van der Waals surface area contributed by atoms with Gasteiger partial charge >= 0.3 is 0 Å². The highest BCUT2D eigenvalue weighted by molar-refractivity contribution is 6.30. The summed E-state index contributed by atoms with van der Waals surface area (Å²) < 4.78 is 0. The Bertz CT molecular complexity index is 395. The zero-order valence-electron chi connectivity index (χ0n) is 10.00. The van der Waals surface area contributed by atoms with E-state index in [9.17, 15) is 0 Å². The minimum Gasteiger partial charge on any atom is -0.373 e. The van der Waals surface area contributed by atoms with Gasteiger partial charge in [0.2, 0.25) is 0 Å². The first-order chi connectivity index (χ1) is 7.58. The fraction of sp³-hybridized carbons (Fsp3) is 0.462. The average molecular weight is 237 g/mol. The molecule has 86 valence electrons. The van der Waals surface area contributed by atoms with Crippen LogP contribution in [0.3, 0.4) is 0 Å². The maximum absolute atomic E-state index is 9.05. The van der Waals surface area contributed by atoms with Crippen molar-refractivity contribution in [2.75, 3.05) is 18.5 Å². The lowest BCUT2D eigenvalue weighted by Gasteiger charge is -2.23. The van der Waals surface area contributed by atoms with Gasteiger partial charge in [0, 0.05) is 18.6 Å². The number of hydrogen-bond acceptors (Lipinski definition) is 2. The summed E-state index contributed by atoms with van der Waals surface area (Å²) in [6.07, 6.45) is 1.14. The largest absolute Gasteiger partial charge is 0.373 e. The minimum absolute atomic E-state index is 0.609. The average Bonchev–Trinajstić information content (AvgIpc) is 2.28.